The maximum Gasteiger partial charge on any atom is 0.272 e. The lowest BCUT2D eigenvalue weighted by Gasteiger charge is -2.19. The molecular weight excluding hydrogens is 411 g/mol. The van der Waals surface area contributed by atoms with E-state index in [-0.39, 0.29) is 17.3 Å². The van der Waals surface area contributed by atoms with Crippen LogP contribution in [0.1, 0.15) is 16.1 Å². The van der Waals surface area contributed by atoms with Crippen molar-refractivity contribution in [2.45, 2.75) is 12.5 Å². The molecule has 3 aromatic rings. The molecule has 1 fully saturated rings. The van der Waals surface area contributed by atoms with E-state index in [2.05, 4.69) is 9.88 Å². The third-order valence-corrected chi connectivity index (χ3v) is 6.24. The lowest BCUT2D eigenvalue weighted by Crippen LogP contribution is -2.34. The van der Waals surface area contributed by atoms with Crippen LogP contribution in [0.2, 0.25) is 0 Å². The number of likely N-dealkylation sites (N-methyl/N-ethyl adjacent to an activating group) is 1. The van der Waals surface area contributed by atoms with Gasteiger partial charge >= 0.3 is 0 Å². The summed E-state index contributed by atoms with van der Waals surface area (Å²) in [7, 11) is 4.01. The molecule has 1 saturated heterocycles. The first-order valence-corrected chi connectivity index (χ1v) is 10.1. The number of likely N-dealkylation sites (tertiary alicyclic amines) is 1. The number of carbonyl (C=O) groups is 1. The van der Waals surface area contributed by atoms with E-state index in [9.17, 15) is 19.3 Å². The minimum atomic E-state index is -0.839. The van der Waals surface area contributed by atoms with Gasteiger partial charge in [0, 0.05) is 37.5 Å². The molecular formula is C20H19FN4O4S. The zero-order chi connectivity index (χ0) is 21.4. The van der Waals surface area contributed by atoms with E-state index in [1.54, 1.807) is 12.1 Å². The first-order valence-electron chi connectivity index (χ1n) is 9.29. The van der Waals surface area contributed by atoms with Crippen LogP contribution < -0.4 is 4.74 Å². The molecule has 4 rings (SSSR count). The summed E-state index contributed by atoms with van der Waals surface area (Å²) in [6.45, 7) is 1.37. The van der Waals surface area contributed by atoms with Gasteiger partial charge in [-0.1, -0.05) is 0 Å². The van der Waals surface area contributed by atoms with Crippen LogP contribution in [0.5, 0.6) is 11.5 Å². The third-order valence-electron chi connectivity index (χ3n) is 5.11. The highest BCUT2D eigenvalue weighted by molar-refractivity contribution is 7.21. The highest BCUT2D eigenvalue weighted by atomic mass is 32.1. The molecule has 1 aromatic carbocycles. The number of amides is 1. The second-order valence-corrected chi connectivity index (χ2v) is 8.32. The topological polar surface area (TPSA) is 88.8 Å². The molecule has 10 heteroatoms. The van der Waals surface area contributed by atoms with Gasteiger partial charge in [0.25, 0.3) is 11.6 Å². The van der Waals surface area contributed by atoms with Crippen LogP contribution in [-0.2, 0) is 0 Å². The summed E-state index contributed by atoms with van der Waals surface area (Å²) in [5.41, 5.74) is 0.219. The number of hydrogen-bond donors (Lipinski definition) is 0. The van der Waals surface area contributed by atoms with Gasteiger partial charge in [0.05, 0.1) is 26.1 Å². The number of rotatable bonds is 5. The molecule has 8 nitrogen and oxygen atoms in total. The Morgan fingerprint density at radius 1 is 1.33 bits per heavy atom. The molecule has 1 aliphatic rings. The van der Waals surface area contributed by atoms with Crippen molar-refractivity contribution in [1.29, 1.82) is 0 Å². The zero-order valence-electron chi connectivity index (χ0n) is 16.4. The molecule has 2 aromatic heterocycles. The van der Waals surface area contributed by atoms with E-state index < -0.39 is 10.7 Å². The number of nitro groups is 1. The molecule has 1 atom stereocenters. The quantitative estimate of drug-likeness (QED) is 0.450. The van der Waals surface area contributed by atoms with Gasteiger partial charge in [-0.15, -0.1) is 11.3 Å². The van der Waals surface area contributed by atoms with E-state index in [1.165, 1.54) is 29.7 Å². The van der Waals surface area contributed by atoms with Crippen LogP contribution in [0, 0.1) is 15.9 Å². The standard InChI is InChI=1S/C20H19FN4O4S/c1-23(2)13-6-8-24(11-13)20(26)18-10-15-19(30-18)17(5-7-22-15)29-16-4-3-12(25(27)28)9-14(16)21/h3-5,7,9-10,13H,6,8,11H2,1-2H3. The number of benzene rings is 1. The Hall–Kier alpha value is -3.11. The highest BCUT2D eigenvalue weighted by Gasteiger charge is 2.29. The number of ether oxygens (including phenoxy) is 1. The number of pyridine rings is 1. The summed E-state index contributed by atoms with van der Waals surface area (Å²) in [6, 6.07) is 6.83. The number of carbonyl (C=O) groups excluding carboxylic acids is 1. The fraction of sp³-hybridized carbons (Fsp3) is 0.300. The van der Waals surface area contributed by atoms with Crippen molar-refractivity contribution >= 4 is 33.1 Å². The molecule has 0 radical (unpaired) electrons. The molecule has 0 spiro atoms. The SMILES string of the molecule is CN(C)C1CCN(C(=O)c2cc3nccc(Oc4ccc([N+](=O)[O-])cc4F)c3s2)C1. The monoisotopic (exact) mass is 430 g/mol. The van der Waals surface area contributed by atoms with Crippen molar-refractivity contribution in [3.63, 3.8) is 0 Å². The largest absolute Gasteiger partial charge is 0.453 e. The number of halogens is 1. The fourth-order valence-corrected chi connectivity index (χ4v) is 4.44. The Labute approximate surface area is 175 Å². The van der Waals surface area contributed by atoms with Gasteiger partial charge in [-0.05, 0) is 32.6 Å². The summed E-state index contributed by atoms with van der Waals surface area (Å²) in [5.74, 6) is -0.698. The van der Waals surface area contributed by atoms with Gasteiger partial charge in [0.15, 0.2) is 11.6 Å². The van der Waals surface area contributed by atoms with Gasteiger partial charge in [-0.25, -0.2) is 4.39 Å². The van der Waals surface area contributed by atoms with E-state index in [4.69, 9.17) is 4.74 Å². The predicted octanol–water partition coefficient (Wildman–Crippen LogP) is 3.91. The molecule has 0 saturated carbocycles. The van der Waals surface area contributed by atoms with Crippen molar-refractivity contribution in [2.75, 3.05) is 27.2 Å². The summed E-state index contributed by atoms with van der Waals surface area (Å²) >= 11 is 1.24. The number of fused-ring (bicyclic) bond motifs is 1. The van der Waals surface area contributed by atoms with Gasteiger partial charge < -0.3 is 14.5 Å². The van der Waals surface area contributed by atoms with Gasteiger partial charge in [0.1, 0.15) is 5.75 Å². The van der Waals surface area contributed by atoms with Crippen LogP contribution in [0.4, 0.5) is 10.1 Å². The van der Waals surface area contributed by atoms with E-state index in [0.29, 0.717) is 40.0 Å². The fourth-order valence-electron chi connectivity index (χ4n) is 3.41. The molecule has 1 unspecified atom stereocenters. The van der Waals surface area contributed by atoms with Gasteiger partial charge in [-0.3, -0.25) is 19.9 Å². The van der Waals surface area contributed by atoms with Crippen LogP contribution in [-0.4, -0.2) is 58.8 Å². The normalized spacial score (nSPS) is 16.4. The van der Waals surface area contributed by atoms with Crippen molar-refractivity contribution in [2.24, 2.45) is 0 Å². The number of aromatic nitrogens is 1. The third kappa shape index (κ3) is 3.83. The molecule has 1 aliphatic heterocycles. The number of non-ortho nitro benzene ring substituents is 1. The zero-order valence-corrected chi connectivity index (χ0v) is 17.2. The van der Waals surface area contributed by atoms with E-state index >= 15 is 0 Å². The number of hydrogen-bond acceptors (Lipinski definition) is 7. The second kappa shape index (κ2) is 7.96. The van der Waals surface area contributed by atoms with Crippen molar-refractivity contribution in [1.82, 2.24) is 14.8 Å². The molecule has 1 amide bonds. The van der Waals surface area contributed by atoms with E-state index in [1.807, 2.05) is 19.0 Å². The molecule has 3 heterocycles. The second-order valence-electron chi connectivity index (χ2n) is 7.27. The van der Waals surface area contributed by atoms with E-state index in [0.717, 1.165) is 12.5 Å². The number of thiophene rings is 1. The number of nitro benzene ring substituents is 1. The highest BCUT2D eigenvalue weighted by Crippen LogP contribution is 2.37. The van der Waals surface area contributed by atoms with Crippen molar-refractivity contribution in [3.8, 4) is 11.5 Å². The predicted molar refractivity (Wildman–Crippen MR) is 111 cm³/mol. The first kappa shape index (κ1) is 20.2. The maximum atomic E-state index is 14.2. The lowest BCUT2D eigenvalue weighted by atomic mass is 10.2. The van der Waals surface area contributed by atoms with Crippen molar-refractivity contribution < 1.29 is 18.8 Å². The Morgan fingerprint density at radius 2 is 2.13 bits per heavy atom. The maximum absolute atomic E-state index is 14.2. The lowest BCUT2D eigenvalue weighted by molar-refractivity contribution is -0.385. The van der Waals surface area contributed by atoms with Crippen LogP contribution in [0.3, 0.4) is 0 Å². The van der Waals surface area contributed by atoms with Crippen molar-refractivity contribution in [3.05, 3.63) is 57.3 Å². The molecule has 156 valence electrons. The molecule has 0 N–H and O–H groups in total. The minimum Gasteiger partial charge on any atom is -0.453 e. The first-order chi connectivity index (χ1) is 14.3. The molecule has 0 aliphatic carbocycles. The summed E-state index contributed by atoms with van der Waals surface area (Å²) < 4.78 is 20.5. The molecule has 30 heavy (non-hydrogen) atoms. The van der Waals surface area contributed by atoms with Crippen LogP contribution in [0.25, 0.3) is 10.2 Å². The van der Waals surface area contributed by atoms with Gasteiger partial charge in [-0.2, -0.15) is 0 Å². The Kier molecular flexibility index (Phi) is 5.35. The summed E-state index contributed by atoms with van der Waals surface area (Å²) in [5, 5.41) is 10.8. The average molecular weight is 430 g/mol. The summed E-state index contributed by atoms with van der Waals surface area (Å²) in [4.78, 5) is 31.8. The summed E-state index contributed by atoms with van der Waals surface area (Å²) in [6.07, 6.45) is 2.44. The smallest absolute Gasteiger partial charge is 0.272 e. The van der Waals surface area contributed by atoms with Gasteiger partial charge in [0.2, 0.25) is 0 Å². The Balaban J connectivity index is 1.60. The minimum absolute atomic E-state index is 0.0604. The Morgan fingerprint density at radius 3 is 2.80 bits per heavy atom. The van der Waals surface area contributed by atoms with Crippen LogP contribution >= 0.6 is 11.3 Å². The van der Waals surface area contributed by atoms with Crippen LogP contribution in [0.15, 0.2) is 36.5 Å². The average Bonchev–Trinajstić information content (AvgIpc) is 3.36. The Bertz CT molecular complexity index is 1130. The molecule has 0 bridgehead atoms. The number of nitrogens with zero attached hydrogens (tertiary/aromatic N) is 4.